The van der Waals surface area contributed by atoms with Crippen molar-refractivity contribution in [3.63, 3.8) is 0 Å². The van der Waals surface area contributed by atoms with Crippen LogP contribution in [0.4, 0.5) is 5.69 Å². The topological polar surface area (TPSA) is 99.4 Å². The van der Waals surface area contributed by atoms with Gasteiger partial charge in [-0.05, 0) is 18.2 Å². The number of carbonyl (C=O) groups is 2. The summed E-state index contributed by atoms with van der Waals surface area (Å²) in [6.45, 7) is 0. The van der Waals surface area contributed by atoms with Crippen LogP contribution < -0.4 is 16.6 Å². The van der Waals surface area contributed by atoms with Crippen molar-refractivity contribution in [1.82, 2.24) is 9.13 Å². The highest BCUT2D eigenvalue weighted by Gasteiger charge is 2.17. The molecule has 2 rings (SSSR count). The molecule has 0 radical (unpaired) electrons. The zero-order valence-corrected chi connectivity index (χ0v) is 13.9. The molecule has 0 bridgehead atoms. The Balaban J connectivity index is 2.43. The quantitative estimate of drug-likeness (QED) is 0.824. The van der Waals surface area contributed by atoms with E-state index < -0.39 is 23.1 Å². The molecule has 24 heavy (non-hydrogen) atoms. The highest BCUT2D eigenvalue weighted by atomic mass is 35.5. The number of ether oxygens (including phenoxy) is 1. The molecule has 1 aromatic carbocycles. The van der Waals surface area contributed by atoms with Crippen molar-refractivity contribution >= 4 is 29.2 Å². The number of nitrogens with zero attached hydrogens (tertiary/aromatic N) is 2. The number of rotatable bonds is 3. The Kier molecular flexibility index (Phi) is 4.89. The third-order valence-corrected chi connectivity index (χ3v) is 3.66. The van der Waals surface area contributed by atoms with Crippen LogP contribution in [0.25, 0.3) is 0 Å². The van der Waals surface area contributed by atoms with E-state index in [0.717, 1.165) is 15.3 Å². The largest absolute Gasteiger partial charge is 0.465 e. The maximum Gasteiger partial charge on any atom is 0.337 e. The third-order valence-electron chi connectivity index (χ3n) is 3.33. The maximum atomic E-state index is 12.3. The second-order valence-electron chi connectivity index (χ2n) is 4.94. The number of amides is 1. The molecule has 2 aromatic rings. The molecule has 0 aliphatic carbocycles. The minimum absolute atomic E-state index is 0.139. The average Bonchev–Trinajstić information content (AvgIpc) is 2.57. The van der Waals surface area contributed by atoms with E-state index in [1.807, 2.05) is 0 Å². The first-order chi connectivity index (χ1) is 11.3. The second kappa shape index (κ2) is 6.71. The molecule has 9 heteroatoms. The number of anilines is 1. The number of hydrogen-bond donors (Lipinski definition) is 1. The summed E-state index contributed by atoms with van der Waals surface area (Å²) in [6, 6.07) is 4.19. The zero-order valence-electron chi connectivity index (χ0n) is 13.1. The molecule has 0 unspecified atom stereocenters. The number of methoxy groups -OCH3 is 1. The second-order valence-corrected chi connectivity index (χ2v) is 5.35. The van der Waals surface area contributed by atoms with E-state index in [9.17, 15) is 19.2 Å². The van der Waals surface area contributed by atoms with Crippen molar-refractivity contribution < 1.29 is 14.3 Å². The van der Waals surface area contributed by atoms with Gasteiger partial charge in [0.1, 0.15) is 5.56 Å². The first-order valence-electron chi connectivity index (χ1n) is 6.72. The molecular formula is C15H14ClN3O5. The standard InChI is InChI=1S/C15H14ClN3O5/c1-18-7-9(13(21)19(2)15(18)23)12(20)17-11-6-8(14(22)24-3)4-5-10(11)16/h4-7H,1-3H3,(H,17,20). The van der Waals surface area contributed by atoms with Crippen LogP contribution in [0.3, 0.4) is 0 Å². The Hall–Kier alpha value is -2.87. The van der Waals surface area contributed by atoms with Crippen LogP contribution >= 0.6 is 11.6 Å². The summed E-state index contributed by atoms with van der Waals surface area (Å²) in [5, 5.41) is 2.63. The van der Waals surface area contributed by atoms with E-state index in [-0.39, 0.29) is 21.8 Å². The number of nitrogens with one attached hydrogen (secondary N) is 1. The minimum Gasteiger partial charge on any atom is -0.465 e. The van der Waals surface area contributed by atoms with Crippen LogP contribution in [-0.2, 0) is 18.8 Å². The molecule has 1 aromatic heterocycles. The van der Waals surface area contributed by atoms with Crippen LogP contribution in [-0.4, -0.2) is 28.1 Å². The molecule has 0 spiro atoms. The molecule has 1 heterocycles. The Morgan fingerprint density at radius 1 is 1.21 bits per heavy atom. The van der Waals surface area contributed by atoms with Gasteiger partial charge in [-0.2, -0.15) is 0 Å². The Labute approximate surface area is 141 Å². The molecule has 0 aliphatic rings. The first-order valence-corrected chi connectivity index (χ1v) is 7.10. The lowest BCUT2D eigenvalue weighted by atomic mass is 10.2. The summed E-state index contributed by atoms with van der Waals surface area (Å²) in [6.07, 6.45) is 1.14. The van der Waals surface area contributed by atoms with Gasteiger partial charge in [-0.1, -0.05) is 11.6 Å². The van der Waals surface area contributed by atoms with Gasteiger partial charge in [-0.15, -0.1) is 0 Å². The number of hydrogen-bond acceptors (Lipinski definition) is 5. The summed E-state index contributed by atoms with van der Waals surface area (Å²) < 4.78 is 6.53. The van der Waals surface area contributed by atoms with Crippen molar-refractivity contribution in [2.75, 3.05) is 12.4 Å². The van der Waals surface area contributed by atoms with Crippen molar-refractivity contribution in [2.24, 2.45) is 14.1 Å². The number of halogens is 1. The highest BCUT2D eigenvalue weighted by Crippen LogP contribution is 2.23. The summed E-state index contributed by atoms with van der Waals surface area (Å²) in [5.74, 6) is -1.35. The van der Waals surface area contributed by atoms with Gasteiger partial charge in [-0.3, -0.25) is 14.2 Å². The van der Waals surface area contributed by atoms with Crippen molar-refractivity contribution in [1.29, 1.82) is 0 Å². The van der Waals surface area contributed by atoms with E-state index in [2.05, 4.69) is 10.1 Å². The molecule has 0 saturated carbocycles. The molecular weight excluding hydrogens is 338 g/mol. The third kappa shape index (κ3) is 3.23. The van der Waals surface area contributed by atoms with E-state index >= 15 is 0 Å². The predicted molar refractivity (Wildman–Crippen MR) is 87.7 cm³/mol. The van der Waals surface area contributed by atoms with Gasteiger partial charge in [-0.25, -0.2) is 9.59 Å². The fourth-order valence-corrected chi connectivity index (χ4v) is 2.18. The van der Waals surface area contributed by atoms with Gasteiger partial charge in [0.25, 0.3) is 11.5 Å². The van der Waals surface area contributed by atoms with Gasteiger partial charge < -0.3 is 14.6 Å². The first kappa shape index (κ1) is 17.5. The predicted octanol–water partition coefficient (Wildman–Crippen LogP) is 0.776. The number of aryl methyl sites for hydroxylation is 1. The molecule has 0 atom stereocenters. The molecule has 8 nitrogen and oxygen atoms in total. The fourth-order valence-electron chi connectivity index (χ4n) is 2.02. The molecule has 1 N–H and O–H groups in total. The Morgan fingerprint density at radius 3 is 2.50 bits per heavy atom. The van der Waals surface area contributed by atoms with Crippen molar-refractivity contribution in [3.8, 4) is 0 Å². The number of esters is 1. The molecule has 0 fully saturated rings. The Bertz CT molecular complexity index is 945. The molecule has 0 aliphatic heterocycles. The average molecular weight is 352 g/mol. The number of carbonyl (C=O) groups excluding carboxylic acids is 2. The monoisotopic (exact) mass is 351 g/mol. The molecule has 0 saturated heterocycles. The lowest BCUT2D eigenvalue weighted by molar-refractivity contribution is 0.0600. The summed E-state index contributed by atoms with van der Waals surface area (Å²) in [5.41, 5.74) is -1.21. The van der Waals surface area contributed by atoms with Gasteiger partial charge in [0.15, 0.2) is 0 Å². The van der Waals surface area contributed by atoms with Gasteiger partial charge in [0, 0.05) is 20.3 Å². The van der Waals surface area contributed by atoms with Gasteiger partial charge in [0.2, 0.25) is 0 Å². The van der Waals surface area contributed by atoms with Gasteiger partial charge >= 0.3 is 11.7 Å². The zero-order chi connectivity index (χ0) is 18.0. The maximum absolute atomic E-state index is 12.3. The van der Waals surface area contributed by atoms with Crippen LogP contribution in [0.2, 0.25) is 5.02 Å². The van der Waals surface area contributed by atoms with E-state index in [1.165, 1.54) is 39.4 Å². The lowest BCUT2D eigenvalue weighted by Gasteiger charge is -2.10. The summed E-state index contributed by atoms with van der Waals surface area (Å²) in [4.78, 5) is 47.6. The lowest BCUT2D eigenvalue weighted by Crippen LogP contribution is -2.40. The van der Waals surface area contributed by atoms with E-state index in [4.69, 9.17) is 11.6 Å². The number of aromatic nitrogens is 2. The fraction of sp³-hybridized carbons (Fsp3) is 0.200. The van der Waals surface area contributed by atoms with Crippen LogP contribution in [0.15, 0.2) is 34.0 Å². The van der Waals surface area contributed by atoms with Crippen LogP contribution in [0, 0.1) is 0 Å². The van der Waals surface area contributed by atoms with E-state index in [1.54, 1.807) is 0 Å². The Morgan fingerprint density at radius 2 is 1.88 bits per heavy atom. The normalized spacial score (nSPS) is 10.3. The van der Waals surface area contributed by atoms with Crippen molar-refractivity contribution in [2.45, 2.75) is 0 Å². The van der Waals surface area contributed by atoms with Crippen LogP contribution in [0.1, 0.15) is 20.7 Å². The molecule has 126 valence electrons. The van der Waals surface area contributed by atoms with Gasteiger partial charge in [0.05, 0.1) is 23.4 Å². The number of benzene rings is 1. The van der Waals surface area contributed by atoms with Crippen molar-refractivity contribution in [3.05, 3.63) is 61.4 Å². The summed E-state index contributed by atoms with van der Waals surface area (Å²) >= 11 is 6.00. The minimum atomic E-state index is -0.755. The smallest absolute Gasteiger partial charge is 0.337 e. The summed E-state index contributed by atoms with van der Waals surface area (Å²) in [7, 11) is 3.92. The molecule has 1 amide bonds. The van der Waals surface area contributed by atoms with Crippen LogP contribution in [0.5, 0.6) is 0 Å². The SMILES string of the molecule is COC(=O)c1ccc(Cl)c(NC(=O)c2cn(C)c(=O)n(C)c2=O)c1. The van der Waals surface area contributed by atoms with E-state index in [0.29, 0.717) is 0 Å². The highest BCUT2D eigenvalue weighted by molar-refractivity contribution is 6.34.